The lowest BCUT2D eigenvalue weighted by Crippen LogP contribution is -2.14. The summed E-state index contributed by atoms with van der Waals surface area (Å²) in [5.74, 6) is -0.652. The summed E-state index contributed by atoms with van der Waals surface area (Å²) in [4.78, 5) is 3.46. The van der Waals surface area contributed by atoms with Gasteiger partial charge in [-0.25, -0.2) is 17.8 Å². The number of aryl methyl sites for hydroxylation is 1. The van der Waals surface area contributed by atoms with Gasteiger partial charge >= 0.3 is 0 Å². The van der Waals surface area contributed by atoms with Crippen molar-refractivity contribution in [1.82, 2.24) is 4.98 Å². The van der Waals surface area contributed by atoms with Crippen LogP contribution < -0.4 is 10.5 Å². The first-order chi connectivity index (χ1) is 9.29. The van der Waals surface area contributed by atoms with Crippen LogP contribution in [0.5, 0.6) is 0 Å². The van der Waals surface area contributed by atoms with Crippen LogP contribution in [0.15, 0.2) is 35.4 Å². The Kier molecular flexibility index (Phi) is 3.82. The van der Waals surface area contributed by atoms with E-state index in [0.717, 1.165) is 17.8 Å². The van der Waals surface area contributed by atoms with Gasteiger partial charge in [-0.1, -0.05) is 17.7 Å². The van der Waals surface area contributed by atoms with Crippen LogP contribution in [0, 0.1) is 12.7 Å². The zero-order valence-corrected chi connectivity index (χ0v) is 12.0. The van der Waals surface area contributed by atoms with Crippen LogP contribution in [0.1, 0.15) is 5.56 Å². The van der Waals surface area contributed by atoms with Gasteiger partial charge in [-0.3, -0.25) is 4.72 Å². The minimum atomic E-state index is -3.98. The first-order valence-electron chi connectivity index (χ1n) is 5.49. The van der Waals surface area contributed by atoms with Crippen LogP contribution in [0.4, 0.5) is 15.9 Å². The molecule has 1 aromatic heterocycles. The van der Waals surface area contributed by atoms with Gasteiger partial charge in [-0.05, 0) is 30.7 Å². The van der Waals surface area contributed by atoms with Crippen LogP contribution in [0.2, 0.25) is 5.02 Å². The Bertz CT molecular complexity index is 765. The van der Waals surface area contributed by atoms with E-state index in [1.54, 1.807) is 6.92 Å². The van der Waals surface area contributed by atoms with Crippen LogP contribution in [0.3, 0.4) is 0 Å². The summed E-state index contributed by atoms with van der Waals surface area (Å²) in [5, 5.41) is 0.0117. The van der Waals surface area contributed by atoms with Crippen molar-refractivity contribution < 1.29 is 12.8 Å². The minimum absolute atomic E-state index is 0.0117. The predicted molar refractivity (Wildman–Crippen MR) is 75.6 cm³/mol. The Balaban J connectivity index is 2.40. The molecule has 2 rings (SSSR count). The van der Waals surface area contributed by atoms with Gasteiger partial charge in [0.1, 0.15) is 16.5 Å². The third kappa shape index (κ3) is 3.00. The highest BCUT2D eigenvalue weighted by atomic mass is 35.5. The number of pyridine rings is 1. The molecular weight excluding hydrogens is 305 g/mol. The van der Waals surface area contributed by atoms with Crippen LogP contribution in [-0.2, 0) is 10.0 Å². The number of nitrogen functional groups attached to an aromatic ring is 1. The van der Waals surface area contributed by atoms with Gasteiger partial charge in [-0.15, -0.1) is 0 Å². The monoisotopic (exact) mass is 315 g/mol. The standard InChI is InChI=1S/C12H11ClFN3O2S/c1-7-2-3-10(14)11(4-7)17-20(18,19)8-5-9(13)12(15)16-6-8/h2-6,17H,1H3,(H2,15,16). The van der Waals surface area contributed by atoms with Crippen molar-refractivity contribution in [3.63, 3.8) is 0 Å². The molecule has 8 heteroatoms. The van der Waals surface area contributed by atoms with Crippen molar-refractivity contribution in [2.45, 2.75) is 11.8 Å². The number of nitrogens with one attached hydrogen (secondary N) is 1. The first-order valence-corrected chi connectivity index (χ1v) is 7.36. The molecule has 20 heavy (non-hydrogen) atoms. The lowest BCUT2D eigenvalue weighted by atomic mass is 10.2. The molecule has 2 aromatic rings. The summed E-state index contributed by atoms with van der Waals surface area (Å²) in [6.45, 7) is 1.72. The van der Waals surface area contributed by atoms with E-state index in [0.29, 0.717) is 0 Å². The molecule has 1 heterocycles. The van der Waals surface area contributed by atoms with Gasteiger partial charge in [0.25, 0.3) is 10.0 Å². The van der Waals surface area contributed by atoms with Crippen molar-refractivity contribution in [1.29, 1.82) is 0 Å². The average molecular weight is 316 g/mol. The maximum Gasteiger partial charge on any atom is 0.263 e. The highest BCUT2D eigenvalue weighted by molar-refractivity contribution is 7.92. The highest BCUT2D eigenvalue weighted by Crippen LogP contribution is 2.23. The summed E-state index contributed by atoms with van der Waals surface area (Å²) >= 11 is 5.73. The predicted octanol–water partition coefficient (Wildman–Crippen LogP) is 2.57. The lowest BCUT2D eigenvalue weighted by molar-refractivity contribution is 0.598. The summed E-state index contributed by atoms with van der Waals surface area (Å²) in [5.41, 5.74) is 5.99. The quantitative estimate of drug-likeness (QED) is 0.911. The van der Waals surface area contributed by atoms with E-state index in [2.05, 4.69) is 9.71 Å². The number of hydrogen-bond acceptors (Lipinski definition) is 4. The number of benzene rings is 1. The third-order valence-corrected chi connectivity index (χ3v) is 4.16. The Morgan fingerprint density at radius 2 is 2.05 bits per heavy atom. The molecule has 3 N–H and O–H groups in total. The molecule has 0 amide bonds. The molecule has 0 saturated heterocycles. The molecule has 5 nitrogen and oxygen atoms in total. The van der Waals surface area contributed by atoms with Crippen molar-refractivity contribution in [3.8, 4) is 0 Å². The number of hydrogen-bond donors (Lipinski definition) is 2. The van der Waals surface area contributed by atoms with Crippen molar-refractivity contribution in [2.75, 3.05) is 10.5 Å². The molecule has 0 radical (unpaired) electrons. The molecule has 0 unspecified atom stereocenters. The smallest absolute Gasteiger partial charge is 0.263 e. The number of nitrogens with two attached hydrogens (primary N) is 1. The Hall–Kier alpha value is -1.86. The number of halogens is 2. The molecule has 0 bridgehead atoms. The fraction of sp³-hybridized carbons (Fsp3) is 0.0833. The molecule has 0 saturated carbocycles. The van der Waals surface area contributed by atoms with Gasteiger partial charge in [0, 0.05) is 6.20 Å². The molecule has 0 fully saturated rings. The number of rotatable bonds is 3. The average Bonchev–Trinajstić information content (AvgIpc) is 2.36. The minimum Gasteiger partial charge on any atom is -0.382 e. The summed E-state index contributed by atoms with van der Waals surface area (Å²) in [7, 11) is -3.98. The fourth-order valence-electron chi connectivity index (χ4n) is 1.50. The summed E-state index contributed by atoms with van der Waals surface area (Å²) in [6.07, 6.45) is 1.05. The van der Waals surface area contributed by atoms with E-state index in [4.69, 9.17) is 17.3 Å². The van der Waals surface area contributed by atoms with Gasteiger partial charge in [0.05, 0.1) is 10.7 Å². The molecule has 0 aliphatic rings. The van der Waals surface area contributed by atoms with Gasteiger partial charge < -0.3 is 5.73 Å². The van der Waals surface area contributed by atoms with Crippen LogP contribution in [-0.4, -0.2) is 13.4 Å². The van der Waals surface area contributed by atoms with E-state index >= 15 is 0 Å². The SMILES string of the molecule is Cc1ccc(F)c(NS(=O)(=O)c2cnc(N)c(Cl)c2)c1. The second kappa shape index (κ2) is 5.26. The van der Waals surface area contributed by atoms with E-state index in [-0.39, 0.29) is 21.4 Å². The topological polar surface area (TPSA) is 85.1 Å². The van der Waals surface area contributed by atoms with Crippen LogP contribution in [0.25, 0.3) is 0 Å². The molecule has 106 valence electrons. The summed E-state index contributed by atoms with van der Waals surface area (Å²) in [6, 6.07) is 5.26. The molecule has 0 atom stereocenters. The Morgan fingerprint density at radius 1 is 1.35 bits per heavy atom. The maximum atomic E-state index is 13.6. The van der Waals surface area contributed by atoms with Gasteiger partial charge in [-0.2, -0.15) is 0 Å². The Morgan fingerprint density at radius 3 is 2.70 bits per heavy atom. The second-order valence-corrected chi connectivity index (χ2v) is 6.22. The highest BCUT2D eigenvalue weighted by Gasteiger charge is 2.18. The number of aromatic nitrogens is 1. The van der Waals surface area contributed by atoms with E-state index in [9.17, 15) is 12.8 Å². The van der Waals surface area contributed by atoms with Gasteiger partial charge in [0.15, 0.2) is 0 Å². The number of nitrogens with zero attached hydrogens (tertiary/aromatic N) is 1. The van der Waals surface area contributed by atoms with E-state index in [1.165, 1.54) is 18.2 Å². The summed E-state index contributed by atoms with van der Waals surface area (Å²) < 4.78 is 39.9. The number of sulfonamides is 1. The first kappa shape index (κ1) is 14.5. The molecular formula is C12H11ClFN3O2S. The van der Waals surface area contributed by atoms with Crippen molar-refractivity contribution in [2.24, 2.45) is 0 Å². The largest absolute Gasteiger partial charge is 0.382 e. The van der Waals surface area contributed by atoms with Crippen molar-refractivity contribution >= 4 is 33.1 Å². The molecule has 0 aliphatic carbocycles. The second-order valence-electron chi connectivity index (χ2n) is 4.13. The van der Waals surface area contributed by atoms with Gasteiger partial charge in [0.2, 0.25) is 0 Å². The molecule has 0 spiro atoms. The van der Waals surface area contributed by atoms with E-state index < -0.39 is 15.8 Å². The van der Waals surface area contributed by atoms with E-state index in [1.807, 2.05) is 0 Å². The lowest BCUT2D eigenvalue weighted by Gasteiger charge is -2.10. The van der Waals surface area contributed by atoms with Crippen LogP contribution >= 0.6 is 11.6 Å². The zero-order valence-electron chi connectivity index (χ0n) is 10.4. The fourth-order valence-corrected chi connectivity index (χ4v) is 2.76. The molecule has 0 aliphatic heterocycles. The zero-order chi connectivity index (χ0) is 14.9. The van der Waals surface area contributed by atoms with Crippen molar-refractivity contribution in [3.05, 3.63) is 46.9 Å². The maximum absolute atomic E-state index is 13.6. The Labute approximate surface area is 120 Å². The normalized spacial score (nSPS) is 11.3. The third-order valence-electron chi connectivity index (χ3n) is 2.52. The number of anilines is 2. The molecule has 1 aromatic carbocycles.